The van der Waals surface area contributed by atoms with Crippen LogP contribution in [-0.2, 0) is 0 Å². The van der Waals surface area contributed by atoms with E-state index in [0.29, 0.717) is 16.6 Å². The lowest BCUT2D eigenvalue weighted by atomic mass is 9.88. The van der Waals surface area contributed by atoms with Gasteiger partial charge in [-0.2, -0.15) is 4.68 Å². The van der Waals surface area contributed by atoms with Gasteiger partial charge in [-0.1, -0.05) is 30.9 Å². The molecule has 1 aromatic heterocycles. The maximum atomic E-state index is 6.13. The molecular formula is C14H18ClN5. The summed E-state index contributed by atoms with van der Waals surface area (Å²) in [4.78, 5) is 0. The van der Waals surface area contributed by atoms with Gasteiger partial charge in [0.1, 0.15) is 0 Å². The molecule has 0 bridgehead atoms. The van der Waals surface area contributed by atoms with Crippen LogP contribution in [0.3, 0.4) is 0 Å². The van der Waals surface area contributed by atoms with E-state index >= 15 is 0 Å². The Morgan fingerprint density at radius 3 is 2.75 bits per heavy atom. The molecule has 0 amide bonds. The van der Waals surface area contributed by atoms with Gasteiger partial charge < -0.3 is 5.73 Å². The van der Waals surface area contributed by atoms with Gasteiger partial charge in [-0.25, -0.2) is 0 Å². The van der Waals surface area contributed by atoms with Crippen molar-refractivity contribution in [1.82, 2.24) is 20.2 Å². The lowest BCUT2D eigenvalue weighted by molar-refractivity contribution is 0.422. The van der Waals surface area contributed by atoms with Gasteiger partial charge in [0.2, 0.25) is 0 Å². The Bertz CT molecular complexity index is 616. The van der Waals surface area contributed by atoms with Gasteiger partial charge in [0, 0.05) is 5.92 Å². The molecule has 1 heterocycles. The number of hydrogen-bond acceptors (Lipinski definition) is 4. The van der Waals surface area contributed by atoms with E-state index in [0.717, 1.165) is 29.9 Å². The van der Waals surface area contributed by atoms with Crippen molar-refractivity contribution in [3.8, 4) is 5.69 Å². The highest BCUT2D eigenvalue weighted by molar-refractivity contribution is 6.33. The minimum absolute atomic E-state index is 0.439. The van der Waals surface area contributed by atoms with Crippen LogP contribution in [0.4, 0.5) is 5.69 Å². The predicted molar refractivity (Wildman–Crippen MR) is 79.1 cm³/mol. The summed E-state index contributed by atoms with van der Waals surface area (Å²) in [5.74, 6) is 1.38. The molecule has 106 valence electrons. The minimum Gasteiger partial charge on any atom is -0.398 e. The largest absolute Gasteiger partial charge is 0.398 e. The standard InChI is InChI=1S/C14H18ClN5/c1-9-7-12(16)11(15)8-13(9)20-14(17-18-19-20)10-5-3-2-4-6-10/h7-8,10H,2-6,16H2,1H3. The molecule has 6 heteroatoms. The number of rotatable bonds is 2. The topological polar surface area (TPSA) is 69.6 Å². The van der Waals surface area contributed by atoms with E-state index in [1.54, 1.807) is 0 Å². The molecule has 2 aromatic rings. The Kier molecular flexibility index (Phi) is 3.61. The number of hydrogen-bond donors (Lipinski definition) is 1. The second-order valence-corrected chi connectivity index (χ2v) is 5.85. The molecule has 0 spiro atoms. The molecule has 1 aliphatic rings. The summed E-state index contributed by atoms with van der Waals surface area (Å²) in [7, 11) is 0. The van der Waals surface area contributed by atoms with E-state index < -0.39 is 0 Å². The van der Waals surface area contributed by atoms with Gasteiger partial charge in [0.25, 0.3) is 0 Å². The van der Waals surface area contributed by atoms with Crippen molar-refractivity contribution in [1.29, 1.82) is 0 Å². The van der Waals surface area contributed by atoms with Crippen molar-refractivity contribution >= 4 is 17.3 Å². The fraction of sp³-hybridized carbons (Fsp3) is 0.500. The Morgan fingerprint density at radius 2 is 2.00 bits per heavy atom. The van der Waals surface area contributed by atoms with Gasteiger partial charge in [0.15, 0.2) is 5.82 Å². The number of aryl methyl sites for hydroxylation is 1. The predicted octanol–water partition coefficient (Wildman–Crippen LogP) is 3.25. The summed E-state index contributed by atoms with van der Waals surface area (Å²) in [6.07, 6.45) is 6.12. The highest BCUT2D eigenvalue weighted by Crippen LogP contribution is 2.33. The smallest absolute Gasteiger partial charge is 0.159 e. The number of nitrogens with two attached hydrogens (primary N) is 1. The second-order valence-electron chi connectivity index (χ2n) is 5.44. The van der Waals surface area contributed by atoms with Crippen molar-refractivity contribution in [2.75, 3.05) is 5.73 Å². The number of halogens is 1. The molecule has 1 saturated carbocycles. The van der Waals surface area contributed by atoms with Gasteiger partial charge in [-0.05, 0) is 47.9 Å². The van der Waals surface area contributed by atoms with Crippen LogP contribution in [0.15, 0.2) is 12.1 Å². The second kappa shape index (κ2) is 5.40. The first-order valence-corrected chi connectivity index (χ1v) is 7.39. The van der Waals surface area contributed by atoms with Crippen molar-refractivity contribution in [3.63, 3.8) is 0 Å². The zero-order valence-corrected chi connectivity index (χ0v) is 12.3. The molecule has 5 nitrogen and oxygen atoms in total. The van der Waals surface area contributed by atoms with Crippen LogP contribution in [0.5, 0.6) is 0 Å². The Morgan fingerprint density at radius 1 is 1.25 bits per heavy atom. The fourth-order valence-electron chi connectivity index (χ4n) is 2.90. The third-order valence-electron chi connectivity index (χ3n) is 4.01. The first kappa shape index (κ1) is 13.4. The third-order valence-corrected chi connectivity index (χ3v) is 4.33. The average molecular weight is 292 g/mol. The first-order chi connectivity index (χ1) is 9.66. The van der Waals surface area contributed by atoms with E-state index in [4.69, 9.17) is 17.3 Å². The molecule has 1 aliphatic carbocycles. The molecule has 20 heavy (non-hydrogen) atoms. The number of anilines is 1. The zero-order valence-electron chi connectivity index (χ0n) is 11.5. The molecule has 0 unspecified atom stereocenters. The first-order valence-electron chi connectivity index (χ1n) is 7.01. The SMILES string of the molecule is Cc1cc(N)c(Cl)cc1-n1nnnc1C1CCCCC1. The van der Waals surface area contributed by atoms with Gasteiger partial charge in [-0.3, -0.25) is 0 Å². The van der Waals surface area contributed by atoms with Crippen molar-refractivity contribution in [2.45, 2.75) is 44.9 Å². The molecule has 1 aromatic carbocycles. The monoisotopic (exact) mass is 291 g/mol. The summed E-state index contributed by atoms with van der Waals surface area (Å²) in [5.41, 5.74) is 8.35. The van der Waals surface area contributed by atoms with E-state index in [2.05, 4.69) is 15.5 Å². The van der Waals surface area contributed by atoms with Gasteiger partial charge in [0.05, 0.1) is 16.4 Å². The average Bonchev–Trinajstić information content (AvgIpc) is 2.93. The quantitative estimate of drug-likeness (QED) is 0.862. The normalized spacial score (nSPS) is 16.5. The van der Waals surface area contributed by atoms with Gasteiger partial charge in [-0.15, -0.1) is 5.10 Å². The van der Waals surface area contributed by atoms with Crippen LogP contribution in [0.25, 0.3) is 5.69 Å². The number of benzene rings is 1. The van der Waals surface area contributed by atoms with Crippen LogP contribution < -0.4 is 5.73 Å². The number of nitrogens with zero attached hydrogens (tertiary/aromatic N) is 4. The molecule has 0 radical (unpaired) electrons. The minimum atomic E-state index is 0.439. The lowest BCUT2D eigenvalue weighted by Gasteiger charge is -2.21. The summed E-state index contributed by atoms with van der Waals surface area (Å²) in [5, 5.41) is 12.8. The summed E-state index contributed by atoms with van der Waals surface area (Å²) in [6.45, 7) is 1.99. The highest BCUT2D eigenvalue weighted by atomic mass is 35.5. The zero-order chi connectivity index (χ0) is 14.1. The highest BCUT2D eigenvalue weighted by Gasteiger charge is 2.23. The maximum absolute atomic E-state index is 6.13. The molecule has 0 aliphatic heterocycles. The summed E-state index contributed by atoms with van der Waals surface area (Å²) < 4.78 is 1.82. The fourth-order valence-corrected chi connectivity index (χ4v) is 3.06. The molecule has 0 saturated heterocycles. The van der Waals surface area contributed by atoms with Crippen molar-refractivity contribution < 1.29 is 0 Å². The Hall–Kier alpha value is -1.62. The summed E-state index contributed by atoms with van der Waals surface area (Å²) in [6, 6.07) is 3.71. The maximum Gasteiger partial charge on any atom is 0.159 e. The van der Waals surface area contributed by atoms with Crippen LogP contribution in [-0.4, -0.2) is 20.2 Å². The number of tetrazole rings is 1. The molecule has 1 fully saturated rings. The van der Waals surface area contributed by atoms with Crippen LogP contribution in [0.2, 0.25) is 5.02 Å². The summed E-state index contributed by atoms with van der Waals surface area (Å²) >= 11 is 6.13. The number of aromatic nitrogens is 4. The van der Waals surface area contributed by atoms with Crippen LogP contribution >= 0.6 is 11.6 Å². The van der Waals surface area contributed by atoms with Crippen LogP contribution in [0, 0.1) is 6.92 Å². The van der Waals surface area contributed by atoms with Crippen LogP contribution in [0.1, 0.15) is 49.4 Å². The van der Waals surface area contributed by atoms with E-state index in [1.807, 2.05) is 23.7 Å². The molecule has 2 N–H and O–H groups in total. The van der Waals surface area contributed by atoms with E-state index in [-0.39, 0.29) is 0 Å². The van der Waals surface area contributed by atoms with Crippen molar-refractivity contribution in [3.05, 3.63) is 28.5 Å². The Balaban J connectivity index is 2.03. The van der Waals surface area contributed by atoms with E-state index in [1.165, 1.54) is 19.3 Å². The van der Waals surface area contributed by atoms with E-state index in [9.17, 15) is 0 Å². The lowest BCUT2D eigenvalue weighted by Crippen LogP contribution is -2.13. The molecule has 0 atom stereocenters. The molecule has 3 rings (SSSR count). The van der Waals surface area contributed by atoms with Crippen molar-refractivity contribution in [2.24, 2.45) is 0 Å². The third kappa shape index (κ3) is 2.38. The molecular weight excluding hydrogens is 274 g/mol. The number of nitrogen functional groups attached to an aromatic ring is 1. The van der Waals surface area contributed by atoms with Gasteiger partial charge >= 0.3 is 0 Å². The Labute approximate surface area is 123 Å².